The standard InChI is InChI=1S/C19H15NO4/c1-24-19(23)17-16(21)12-15(13-8-4-2-5-9-13)20(18(17)22)14-10-6-3-7-11-14/h2-12,21H,1H3. The lowest BCUT2D eigenvalue weighted by atomic mass is 10.1. The van der Waals surface area contributed by atoms with Gasteiger partial charge in [-0.2, -0.15) is 0 Å². The van der Waals surface area contributed by atoms with E-state index in [1.165, 1.54) is 17.7 Å². The van der Waals surface area contributed by atoms with Crippen molar-refractivity contribution in [2.24, 2.45) is 0 Å². The average molecular weight is 321 g/mol. The van der Waals surface area contributed by atoms with E-state index in [0.29, 0.717) is 11.4 Å². The van der Waals surface area contributed by atoms with Gasteiger partial charge in [0, 0.05) is 11.8 Å². The number of aromatic nitrogens is 1. The molecule has 0 aliphatic rings. The van der Waals surface area contributed by atoms with E-state index in [4.69, 9.17) is 0 Å². The van der Waals surface area contributed by atoms with Crippen LogP contribution in [0.1, 0.15) is 10.4 Å². The molecular formula is C19H15NO4. The Kier molecular flexibility index (Phi) is 4.16. The van der Waals surface area contributed by atoms with Crippen molar-refractivity contribution < 1.29 is 14.6 Å². The van der Waals surface area contributed by atoms with Gasteiger partial charge in [0.15, 0.2) is 5.56 Å². The lowest BCUT2D eigenvalue weighted by Gasteiger charge is -2.15. The number of carbonyl (C=O) groups excluding carboxylic acids is 1. The van der Waals surface area contributed by atoms with E-state index in [9.17, 15) is 14.7 Å². The lowest BCUT2D eigenvalue weighted by Crippen LogP contribution is -2.27. The predicted octanol–water partition coefficient (Wildman–Crippen LogP) is 3.00. The largest absolute Gasteiger partial charge is 0.507 e. The first-order chi connectivity index (χ1) is 11.6. The van der Waals surface area contributed by atoms with E-state index >= 15 is 0 Å². The molecule has 0 bridgehead atoms. The minimum absolute atomic E-state index is 0.388. The summed E-state index contributed by atoms with van der Waals surface area (Å²) < 4.78 is 6.01. The van der Waals surface area contributed by atoms with Gasteiger partial charge in [0.2, 0.25) is 0 Å². The van der Waals surface area contributed by atoms with Crippen LogP contribution in [0.15, 0.2) is 71.5 Å². The topological polar surface area (TPSA) is 68.5 Å². The summed E-state index contributed by atoms with van der Waals surface area (Å²) in [6.07, 6.45) is 0. The molecule has 1 aromatic heterocycles. The molecule has 0 atom stereocenters. The summed E-state index contributed by atoms with van der Waals surface area (Å²) in [5.74, 6) is -1.28. The number of rotatable bonds is 3. The molecule has 0 amide bonds. The van der Waals surface area contributed by atoms with Crippen molar-refractivity contribution in [3.8, 4) is 22.7 Å². The van der Waals surface area contributed by atoms with E-state index < -0.39 is 17.3 Å². The SMILES string of the molecule is COC(=O)c1c(O)cc(-c2ccccc2)n(-c2ccccc2)c1=O. The second-order valence-electron chi connectivity index (χ2n) is 5.12. The van der Waals surface area contributed by atoms with Crippen molar-refractivity contribution in [3.63, 3.8) is 0 Å². The molecule has 3 aromatic rings. The first kappa shape index (κ1) is 15.6. The zero-order chi connectivity index (χ0) is 17.1. The third kappa shape index (κ3) is 2.67. The minimum atomic E-state index is -0.873. The summed E-state index contributed by atoms with van der Waals surface area (Å²) in [5, 5.41) is 10.2. The molecule has 0 fully saturated rings. The summed E-state index contributed by atoms with van der Waals surface area (Å²) >= 11 is 0. The average Bonchev–Trinajstić information content (AvgIpc) is 2.62. The summed E-state index contributed by atoms with van der Waals surface area (Å²) in [5.41, 5.74) is 0.793. The Balaban J connectivity index is 2.38. The molecule has 0 spiro atoms. The molecule has 0 aliphatic heterocycles. The van der Waals surface area contributed by atoms with Crippen molar-refractivity contribution in [2.75, 3.05) is 7.11 Å². The van der Waals surface area contributed by atoms with Crippen LogP contribution in [0.3, 0.4) is 0 Å². The van der Waals surface area contributed by atoms with Crippen LogP contribution in [0, 0.1) is 0 Å². The molecule has 5 heteroatoms. The number of hydrogen-bond donors (Lipinski definition) is 1. The Morgan fingerprint density at radius 2 is 1.58 bits per heavy atom. The van der Waals surface area contributed by atoms with Crippen LogP contribution in [0.5, 0.6) is 5.75 Å². The Morgan fingerprint density at radius 3 is 2.17 bits per heavy atom. The molecule has 3 rings (SSSR count). The van der Waals surface area contributed by atoms with Crippen molar-refractivity contribution in [1.29, 1.82) is 0 Å². The maximum atomic E-state index is 12.9. The number of esters is 1. The molecule has 1 N–H and O–H groups in total. The zero-order valence-electron chi connectivity index (χ0n) is 13.0. The first-order valence-electron chi connectivity index (χ1n) is 7.31. The molecule has 24 heavy (non-hydrogen) atoms. The second-order valence-corrected chi connectivity index (χ2v) is 5.12. The van der Waals surface area contributed by atoms with Crippen LogP contribution < -0.4 is 5.56 Å². The smallest absolute Gasteiger partial charge is 0.347 e. The van der Waals surface area contributed by atoms with Crippen molar-refractivity contribution >= 4 is 5.97 Å². The molecular weight excluding hydrogens is 306 g/mol. The molecule has 2 aromatic carbocycles. The number of pyridine rings is 1. The monoisotopic (exact) mass is 321 g/mol. The van der Waals surface area contributed by atoms with Gasteiger partial charge in [-0.1, -0.05) is 48.5 Å². The number of aromatic hydroxyl groups is 1. The molecule has 0 saturated heterocycles. The van der Waals surface area contributed by atoms with Gasteiger partial charge in [0.05, 0.1) is 12.8 Å². The van der Waals surface area contributed by atoms with Gasteiger partial charge in [-0.25, -0.2) is 4.79 Å². The number of methoxy groups -OCH3 is 1. The van der Waals surface area contributed by atoms with E-state index in [2.05, 4.69) is 4.74 Å². The van der Waals surface area contributed by atoms with Gasteiger partial charge in [-0.05, 0) is 17.7 Å². The molecule has 120 valence electrons. The van der Waals surface area contributed by atoms with Crippen LogP contribution in [0.25, 0.3) is 16.9 Å². The summed E-state index contributed by atoms with van der Waals surface area (Å²) in [7, 11) is 1.17. The molecule has 5 nitrogen and oxygen atoms in total. The van der Waals surface area contributed by atoms with Crippen molar-refractivity contribution in [1.82, 2.24) is 4.57 Å². The number of carbonyl (C=O) groups is 1. The lowest BCUT2D eigenvalue weighted by molar-refractivity contribution is 0.0595. The van der Waals surface area contributed by atoms with Gasteiger partial charge >= 0.3 is 5.97 Å². The number of para-hydroxylation sites is 1. The summed E-state index contributed by atoms with van der Waals surface area (Å²) in [6.45, 7) is 0. The quantitative estimate of drug-likeness (QED) is 0.753. The van der Waals surface area contributed by atoms with Crippen LogP contribution in [-0.2, 0) is 4.74 Å². The van der Waals surface area contributed by atoms with Crippen LogP contribution in [0.2, 0.25) is 0 Å². The highest BCUT2D eigenvalue weighted by Gasteiger charge is 2.22. The van der Waals surface area contributed by atoms with E-state index in [1.54, 1.807) is 24.3 Å². The minimum Gasteiger partial charge on any atom is -0.507 e. The van der Waals surface area contributed by atoms with Gasteiger partial charge in [0.1, 0.15) is 5.75 Å². The van der Waals surface area contributed by atoms with Gasteiger partial charge in [-0.3, -0.25) is 9.36 Å². The third-order valence-electron chi connectivity index (χ3n) is 3.66. The Bertz CT molecular complexity index is 931. The number of benzene rings is 2. The number of hydrogen-bond acceptors (Lipinski definition) is 4. The highest BCUT2D eigenvalue weighted by Crippen LogP contribution is 2.26. The highest BCUT2D eigenvalue weighted by atomic mass is 16.5. The highest BCUT2D eigenvalue weighted by molar-refractivity contribution is 5.92. The van der Waals surface area contributed by atoms with Crippen LogP contribution >= 0.6 is 0 Å². The van der Waals surface area contributed by atoms with E-state index in [0.717, 1.165) is 5.56 Å². The molecule has 0 saturated carbocycles. The number of nitrogens with zero attached hydrogens (tertiary/aromatic N) is 1. The van der Waals surface area contributed by atoms with Crippen molar-refractivity contribution in [2.45, 2.75) is 0 Å². The molecule has 1 heterocycles. The molecule has 0 aliphatic carbocycles. The fourth-order valence-electron chi connectivity index (χ4n) is 2.55. The third-order valence-corrected chi connectivity index (χ3v) is 3.66. The molecule has 0 radical (unpaired) electrons. The Labute approximate surface area is 138 Å². The van der Waals surface area contributed by atoms with Gasteiger partial charge < -0.3 is 9.84 Å². The zero-order valence-corrected chi connectivity index (χ0v) is 13.0. The molecule has 0 unspecified atom stereocenters. The van der Waals surface area contributed by atoms with E-state index in [1.807, 2.05) is 36.4 Å². The Morgan fingerprint density at radius 1 is 1.00 bits per heavy atom. The van der Waals surface area contributed by atoms with E-state index in [-0.39, 0.29) is 5.56 Å². The summed E-state index contributed by atoms with van der Waals surface area (Å²) in [4.78, 5) is 24.8. The maximum absolute atomic E-state index is 12.9. The second kappa shape index (κ2) is 6.42. The normalized spacial score (nSPS) is 10.4. The Hall–Kier alpha value is -3.34. The maximum Gasteiger partial charge on any atom is 0.347 e. The fourth-order valence-corrected chi connectivity index (χ4v) is 2.55. The van der Waals surface area contributed by atoms with Crippen molar-refractivity contribution in [3.05, 3.63) is 82.6 Å². The first-order valence-corrected chi connectivity index (χ1v) is 7.31. The predicted molar refractivity (Wildman–Crippen MR) is 90.5 cm³/mol. The van der Waals surface area contributed by atoms with Crippen LogP contribution in [0.4, 0.5) is 0 Å². The summed E-state index contributed by atoms with van der Waals surface area (Å²) in [6, 6.07) is 19.5. The van der Waals surface area contributed by atoms with Crippen LogP contribution in [-0.4, -0.2) is 22.8 Å². The van der Waals surface area contributed by atoms with Gasteiger partial charge in [0.25, 0.3) is 5.56 Å². The number of ether oxygens (including phenoxy) is 1. The van der Waals surface area contributed by atoms with Gasteiger partial charge in [-0.15, -0.1) is 0 Å². The fraction of sp³-hybridized carbons (Fsp3) is 0.0526.